The Bertz CT molecular complexity index is 625. The van der Waals surface area contributed by atoms with Crippen molar-refractivity contribution >= 4 is 16.8 Å². The second kappa shape index (κ2) is 6.09. The monoisotopic (exact) mass is 287 g/mol. The molecule has 0 atom stereocenters. The smallest absolute Gasteiger partial charge is 0.123 e. The third-order valence-electron chi connectivity index (χ3n) is 2.98. The maximum atomic E-state index is 13.0. The molecule has 2 aromatic rings. The lowest BCUT2D eigenvalue weighted by atomic mass is 10.2. The number of benzene rings is 2. The molecule has 0 radical (unpaired) electrons. The third kappa shape index (κ3) is 3.20. The predicted molar refractivity (Wildman–Crippen MR) is 81.0 cm³/mol. The van der Waals surface area contributed by atoms with Gasteiger partial charge in [0.05, 0.1) is 5.04 Å². The van der Waals surface area contributed by atoms with Crippen molar-refractivity contribution in [2.45, 2.75) is 6.61 Å². The van der Waals surface area contributed by atoms with Crippen molar-refractivity contribution in [2.75, 3.05) is 12.3 Å². The van der Waals surface area contributed by atoms with Gasteiger partial charge in [0, 0.05) is 17.9 Å². The number of hydrogen-bond acceptors (Lipinski definition) is 3. The number of halogens is 1. The molecule has 1 aliphatic rings. The quantitative estimate of drug-likeness (QED) is 0.850. The van der Waals surface area contributed by atoms with Crippen molar-refractivity contribution in [1.82, 2.24) is 0 Å². The number of ether oxygens (including phenoxy) is 1. The van der Waals surface area contributed by atoms with E-state index in [1.807, 2.05) is 30.3 Å². The van der Waals surface area contributed by atoms with E-state index < -0.39 is 0 Å². The van der Waals surface area contributed by atoms with Crippen LogP contribution in [0.3, 0.4) is 0 Å². The van der Waals surface area contributed by atoms with Gasteiger partial charge in [-0.2, -0.15) is 0 Å². The van der Waals surface area contributed by atoms with Crippen LogP contribution < -0.4 is 4.74 Å². The zero-order chi connectivity index (χ0) is 13.8. The van der Waals surface area contributed by atoms with Crippen LogP contribution in [-0.4, -0.2) is 17.3 Å². The minimum Gasteiger partial charge on any atom is -0.489 e. The van der Waals surface area contributed by atoms with E-state index in [4.69, 9.17) is 4.74 Å². The van der Waals surface area contributed by atoms with Gasteiger partial charge in [0.25, 0.3) is 0 Å². The Morgan fingerprint density at radius 1 is 1.15 bits per heavy atom. The second-order valence-electron chi connectivity index (χ2n) is 4.48. The number of hydrogen-bond donors (Lipinski definition) is 0. The van der Waals surface area contributed by atoms with Gasteiger partial charge >= 0.3 is 0 Å². The Morgan fingerprint density at radius 2 is 2.00 bits per heavy atom. The molecule has 1 heterocycles. The van der Waals surface area contributed by atoms with Crippen LogP contribution in [0, 0.1) is 5.82 Å². The standard InChI is InChI=1S/C16H14FNOS/c17-14-3-1-2-12(10-14)11-19-15-6-4-13(5-7-15)16-18-8-9-20-16/h1-7,10H,8-9,11H2. The molecule has 0 N–H and O–H groups in total. The lowest BCUT2D eigenvalue weighted by Crippen LogP contribution is -1.97. The highest BCUT2D eigenvalue weighted by Crippen LogP contribution is 2.21. The van der Waals surface area contributed by atoms with Crippen molar-refractivity contribution in [3.05, 3.63) is 65.5 Å². The van der Waals surface area contributed by atoms with Gasteiger partial charge in [-0.15, -0.1) is 11.8 Å². The molecule has 20 heavy (non-hydrogen) atoms. The van der Waals surface area contributed by atoms with E-state index in [-0.39, 0.29) is 5.82 Å². The Morgan fingerprint density at radius 3 is 2.70 bits per heavy atom. The summed E-state index contributed by atoms with van der Waals surface area (Å²) in [5.74, 6) is 1.60. The van der Waals surface area contributed by atoms with Gasteiger partial charge in [0.1, 0.15) is 18.2 Å². The highest BCUT2D eigenvalue weighted by Gasteiger charge is 2.09. The maximum Gasteiger partial charge on any atom is 0.123 e. The first-order chi connectivity index (χ1) is 9.81. The summed E-state index contributed by atoms with van der Waals surface area (Å²) >= 11 is 1.78. The van der Waals surface area contributed by atoms with Crippen molar-refractivity contribution in [2.24, 2.45) is 4.99 Å². The van der Waals surface area contributed by atoms with Crippen LogP contribution in [0.2, 0.25) is 0 Å². The molecule has 102 valence electrons. The minimum absolute atomic E-state index is 0.238. The van der Waals surface area contributed by atoms with Crippen LogP contribution >= 0.6 is 11.8 Å². The summed E-state index contributed by atoms with van der Waals surface area (Å²) in [7, 11) is 0. The molecule has 0 aliphatic carbocycles. The number of aliphatic imine (C=N–C) groups is 1. The highest BCUT2D eigenvalue weighted by atomic mass is 32.2. The topological polar surface area (TPSA) is 21.6 Å². The Hall–Kier alpha value is -1.81. The van der Waals surface area contributed by atoms with Gasteiger partial charge in [0.2, 0.25) is 0 Å². The molecule has 4 heteroatoms. The normalized spacial score (nSPS) is 14.2. The molecule has 0 unspecified atom stereocenters. The SMILES string of the molecule is Fc1cccc(COc2ccc(C3=NCCS3)cc2)c1. The van der Waals surface area contributed by atoms with Crippen LogP contribution in [0.4, 0.5) is 4.39 Å². The average Bonchev–Trinajstić information content (AvgIpc) is 3.00. The summed E-state index contributed by atoms with van der Waals surface area (Å²) < 4.78 is 18.7. The average molecular weight is 287 g/mol. The molecule has 1 aliphatic heterocycles. The zero-order valence-corrected chi connectivity index (χ0v) is 11.7. The van der Waals surface area contributed by atoms with E-state index in [1.165, 1.54) is 12.1 Å². The van der Waals surface area contributed by atoms with Gasteiger partial charge in [-0.05, 0) is 42.0 Å². The molecular formula is C16H14FNOS. The zero-order valence-electron chi connectivity index (χ0n) is 10.9. The van der Waals surface area contributed by atoms with E-state index >= 15 is 0 Å². The van der Waals surface area contributed by atoms with Crippen LogP contribution in [0.5, 0.6) is 5.75 Å². The van der Waals surface area contributed by atoms with Gasteiger partial charge in [-0.25, -0.2) is 4.39 Å². The number of thioether (sulfide) groups is 1. The van der Waals surface area contributed by atoms with Gasteiger partial charge in [0.15, 0.2) is 0 Å². The van der Waals surface area contributed by atoms with Crippen LogP contribution in [0.1, 0.15) is 11.1 Å². The Balaban J connectivity index is 1.63. The van der Waals surface area contributed by atoms with E-state index in [0.717, 1.165) is 34.2 Å². The molecule has 0 aromatic heterocycles. The maximum absolute atomic E-state index is 13.0. The number of nitrogens with zero attached hydrogens (tertiary/aromatic N) is 1. The molecule has 0 amide bonds. The largest absolute Gasteiger partial charge is 0.489 e. The summed E-state index contributed by atoms with van der Waals surface area (Å²) in [5, 5.41) is 1.10. The summed E-state index contributed by atoms with van der Waals surface area (Å²) in [6.07, 6.45) is 0. The molecule has 0 saturated heterocycles. The molecule has 0 fully saturated rings. The molecule has 0 saturated carbocycles. The summed E-state index contributed by atoms with van der Waals surface area (Å²) in [4.78, 5) is 4.44. The first-order valence-corrected chi connectivity index (χ1v) is 7.45. The van der Waals surface area contributed by atoms with Gasteiger partial charge < -0.3 is 4.74 Å². The second-order valence-corrected chi connectivity index (χ2v) is 5.56. The van der Waals surface area contributed by atoms with E-state index in [2.05, 4.69) is 4.99 Å². The molecule has 3 rings (SSSR count). The van der Waals surface area contributed by atoms with Crippen LogP contribution in [-0.2, 0) is 6.61 Å². The summed E-state index contributed by atoms with van der Waals surface area (Å²) in [6.45, 7) is 1.27. The van der Waals surface area contributed by atoms with Crippen LogP contribution in [0.15, 0.2) is 53.5 Å². The van der Waals surface area contributed by atoms with Gasteiger partial charge in [-0.3, -0.25) is 4.99 Å². The van der Waals surface area contributed by atoms with E-state index in [0.29, 0.717) is 6.61 Å². The Kier molecular flexibility index (Phi) is 4.02. The van der Waals surface area contributed by atoms with Crippen molar-refractivity contribution in [3.63, 3.8) is 0 Å². The Labute approximate surface area is 121 Å². The summed E-state index contributed by atoms with van der Waals surface area (Å²) in [5.41, 5.74) is 1.95. The fraction of sp³-hybridized carbons (Fsp3) is 0.188. The van der Waals surface area contributed by atoms with Crippen LogP contribution in [0.25, 0.3) is 0 Å². The molecule has 0 spiro atoms. The highest BCUT2D eigenvalue weighted by molar-refractivity contribution is 8.14. The molecule has 2 nitrogen and oxygen atoms in total. The molecular weight excluding hydrogens is 273 g/mol. The predicted octanol–water partition coefficient (Wildman–Crippen LogP) is 3.90. The van der Waals surface area contributed by atoms with Crippen molar-refractivity contribution in [3.8, 4) is 5.75 Å². The lowest BCUT2D eigenvalue weighted by molar-refractivity contribution is 0.305. The van der Waals surface area contributed by atoms with E-state index in [1.54, 1.807) is 17.8 Å². The first-order valence-electron chi connectivity index (χ1n) is 6.46. The molecule has 2 aromatic carbocycles. The fourth-order valence-corrected chi connectivity index (χ4v) is 2.86. The van der Waals surface area contributed by atoms with E-state index in [9.17, 15) is 4.39 Å². The third-order valence-corrected chi connectivity index (χ3v) is 4.01. The van der Waals surface area contributed by atoms with Crippen molar-refractivity contribution < 1.29 is 9.13 Å². The minimum atomic E-state index is -0.238. The fourth-order valence-electron chi connectivity index (χ4n) is 2.00. The number of rotatable bonds is 4. The molecule has 0 bridgehead atoms. The first kappa shape index (κ1) is 13.2. The lowest BCUT2D eigenvalue weighted by Gasteiger charge is -2.07. The van der Waals surface area contributed by atoms with Crippen molar-refractivity contribution in [1.29, 1.82) is 0 Å². The summed E-state index contributed by atoms with van der Waals surface area (Å²) in [6, 6.07) is 14.3. The van der Waals surface area contributed by atoms with Gasteiger partial charge in [-0.1, -0.05) is 12.1 Å².